The zero-order chi connectivity index (χ0) is 18.1. The number of nitrogens with zero attached hydrogens (tertiary/aromatic N) is 2. The Balaban J connectivity index is 1.77. The van der Waals surface area contributed by atoms with E-state index in [4.69, 9.17) is 0 Å². The Kier molecular flexibility index (Phi) is 6.95. The number of aliphatic imine (C=N–C) groups is 1. The molecule has 0 aliphatic heterocycles. The topological polar surface area (TPSA) is 56.7 Å². The summed E-state index contributed by atoms with van der Waals surface area (Å²) in [5.41, 5.74) is 1.50. The fourth-order valence-corrected chi connectivity index (χ4v) is 2.41. The molecule has 1 amide bonds. The van der Waals surface area contributed by atoms with Gasteiger partial charge in [0.25, 0.3) is 5.91 Å². The van der Waals surface area contributed by atoms with E-state index in [0.717, 1.165) is 5.56 Å². The zero-order valence-corrected chi connectivity index (χ0v) is 14.5. The maximum Gasteiger partial charge on any atom is 0.251 e. The molecule has 0 aromatic heterocycles. The van der Waals surface area contributed by atoms with Gasteiger partial charge in [-0.1, -0.05) is 30.3 Å². The average Bonchev–Trinajstić information content (AvgIpc) is 2.62. The molecule has 6 heteroatoms. The summed E-state index contributed by atoms with van der Waals surface area (Å²) in [5, 5.41) is 6.03. The van der Waals surface area contributed by atoms with E-state index in [9.17, 15) is 9.18 Å². The van der Waals surface area contributed by atoms with Crippen LogP contribution in [0.25, 0.3) is 0 Å². The van der Waals surface area contributed by atoms with Crippen LogP contribution in [0.2, 0.25) is 0 Å². The van der Waals surface area contributed by atoms with Crippen LogP contribution < -0.4 is 10.6 Å². The largest absolute Gasteiger partial charge is 0.354 e. The summed E-state index contributed by atoms with van der Waals surface area (Å²) < 4.78 is 13.3. The Morgan fingerprint density at radius 2 is 1.80 bits per heavy atom. The van der Waals surface area contributed by atoms with Crippen LogP contribution in [-0.2, 0) is 6.54 Å². The van der Waals surface area contributed by atoms with Gasteiger partial charge < -0.3 is 15.5 Å². The molecule has 25 heavy (non-hydrogen) atoms. The van der Waals surface area contributed by atoms with Crippen LogP contribution in [-0.4, -0.2) is 44.0 Å². The number of rotatable bonds is 6. The van der Waals surface area contributed by atoms with E-state index in [1.165, 1.54) is 12.1 Å². The number of hydrogen-bond donors (Lipinski definition) is 2. The minimum Gasteiger partial charge on any atom is -0.354 e. The Bertz CT molecular complexity index is 718. The molecule has 5 nitrogen and oxygen atoms in total. The van der Waals surface area contributed by atoms with Crippen molar-refractivity contribution < 1.29 is 9.18 Å². The molecule has 0 saturated carbocycles. The van der Waals surface area contributed by atoms with Crippen molar-refractivity contribution >= 4 is 11.9 Å². The summed E-state index contributed by atoms with van der Waals surface area (Å²) in [7, 11) is 3.57. The van der Waals surface area contributed by atoms with Crippen LogP contribution in [0.4, 0.5) is 4.39 Å². The molecule has 0 unspecified atom stereocenters. The van der Waals surface area contributed by atoms with E-state index in [2.05, 4.69) is 15.6 Å². The number of carbonyl (C=O) groups is 1. The molecule has 2 rings (SSSR count). The molecule has 0 atom stereocenters. The molecule has 2 aromatic carbocycles. The fraction of sp³-hybridized carbons (Fsp3) is 0.263. The van der Waals surface area contributed by atoms with E-state index in [1.54, 1.807) is 25.2 Å². The highest BCUT2D eigenvalue weighted by molar-refractivity contribution is 5.94. The third kappa shape index (κ3) is 5.91. The Morgan fingerprint density at radius 3 is 2.48 bits per heavy atom. The predicted octanol–water partition coefficient (Wildman–Crippen LogP) is 2.26. The molecule has 0 spiro atoms. The molecule has 2 aromatic rings. The third-order valence-corrected chi connectivity index (χ3v) is 3.61. The number of guanidine groups is 1. The van der Waals surface area contributed by atoms with Crippen molar-refractivity contribution in [2.45, 2.75) is 6.54 Å². The van der Waals surface area contributed by atoms with Crippen LogP contribution in [0.1, 0.15) is 15.9 Å². The highest BCUT2D eigenvalue weighted by atomic mass is 19.1. The Morgan fingerprint density at radius 1 is 1.08 bits per heavy atom. The van der Waals surface area contributed by atoms with Crippen molar-refractivity contribution in [1.82, 2.24) is 15.5 Å². The Hall–Kier alpha value is -2.89. The van der Waals surface area contributed by atoms with E-state index in [-0.39, 0.29) is 11.7 Å². The first-order valence-corrected chi connectivity index (χ1v) is 8.09. The summed E-state index contributed by atoms with van der Waals surface area (Å²) in [6, 6.07) is 15.6. The second-order valence-corrected chi connectivity index (χ2v) is 5.58. The smallest absolute Gasteiger partial charge is 0.251 e. The van der Waals surface area contributed by atoms with E-state index < -0.39 is 0 Å². The lowest BCUT2D eigenvalue weighted by atomic mass is 10.2. The number of hydrogen-bond acceptors (Lipinski definition) is 2. The summed E-state index contributed by atoms with van der Waals surface area (Å²) >= 11 is 0. The predicted molar refractivity (Wildman–Crippen MR) is 98.0 cm³/mol. The highest BCUT2D eigenvalue weighted by Crippen LogP contribution is 2.06. The second-order valence-electron chi connectivity index (χ2n) is 5.58. The zero-order valence-electron chi connectivity index (χ0n) is 14.5. The van der Waals surface area contributed by atoms with Gasteiger partial charge in [-0.05, 0) is 29.8 Å². The average molecular weight is 342 g/mol. The molecule has 0 fully saturated rings. The minimum absolute atomic E-state index is 0.106. The van der Waals surface area contributed by atoms with Gasteiger partial charge in [0, 0.05) is 39.3 Å². The van der Waals surface area contributed by atoms with E-state index >= 15 is 0 Å². The number of nitrogens with one attached hydrogen (secondary N) is 2. The van der Waals surface area contributed by atoms with Crippen molar-refractivity contribution in [3.05, 3.63) is 71.5 Å². The van der Waals surface area contributed by atoms with Gasteiger partial charge in [0.05, 0.1) is 0 Å². The first-order valence-electron chi connectivity index (χ1n) is 8.09. The van der Waals surface area contributed by atoms with Gasteiger partial charge in [-0.15, -0.1) is 0 Å². The molecule has 0 radical (unpaired) electrons. The number of carbonyl (C=O) groups excluding carboxylic acids is 1. The molecular weight excluding hydrogens is 319 g/mol. The van der Waals surface area contributed by atoms with Gasteiger partial charge in [-0.25, -0.2) is 4.39 Å². The van der Waals surface area contributed by atoms with Crippen LogP contribution >= 0.6 is 0 Å². The van der Waals surface area contributed by atoms with Gasteiger partial charge in [0.2, 0.25) is 0 Å². The highest BCUT2D eigenvalue weighted by Gasteiger charge is 2.08. The van der Waals surface area contributed by atoms with E-state index in [0.29, 0.717) is 31.2 Å². The summed E-state index contributed by atoms with van der Waals surface area (Å²) in [4.78, 5) is 18.1. The SMILES string of the molecule is CN=C(NCCNC(=O)c1ccccc1)N(C)Cc1cccc(F)c1. The normalized spacial score (nSPS) is 11.1. The molecule has 2 N–H and O–H groups in total. The molecule has 0 aliphatic rings. The van der Waals surface area contributed by atoms with Crippen molar-refractivity contribution in [1.29, 1.82) is 0 Å². The summed E-state index contributed by atoms with van der Waals surface area (Å²) in [5.74, 6) is 0.321. The molecular formula is C19H23FN4O. The number of benzene rings is 2. The minimum atomic E-state index is -0.252. The van der Waals surface area contributed by atoms with Crippen molar-refractivity contribution in [2.24, 2.45) is 4.99 Å². The van der Waals surface area contributed by atoms with Crippen molar-refractivity contribution in [2.75, 3.05) is 27.2 Å². The quantitative estimate of drug-likeness (QED) is 0.481. The number of halogens is 1. The standard InChI is InChI=1S/C19H23FN4O/c1-21-19(24(2)14-15-7-6-10-17(20)13-15)23-12-11-22-18(25)16-8-4-3-5-9-16/h3-10,13H,11-12,14H2,1-2H3,(H,21,23)(H,22,25). The lowest BCUT2D eigenvalue weighted by Crippen LogP contribution is -2.42. The van der Waals surface area contributed by atoms with Crippen LogP contribution in [0, 0.1) is 5.82 Å². The molecule has 0 aliphatic carbocycles. The van der Waals surface area contributed by atoms with Gasteiger partial charge in [0.1, 0.15) is 5.82 Å². The summed E-state index contributed by atoms with van der Waals surface area (Å²) in [6.45, 7) is 1.55. The van der Waals surface area contributed by atoms with Crippen molar-refractivity contribution in [3.63, 3.8) is 0 Å². The van der Waals surface area contributed by atoms with Crippen LogP contribution in [0.5, 0.6) is 0 Å². The molecule has 0 saturated heterocycles. The first kappa shape index (κ1) is 18.4. The van der Waals surface area contributed by atoms with Crippen LogP contribution in [0.3, 0.4) is 0 Å². The molecule has 0 bridgehead atoms. The molecule has 0 heterocycles. The Labute approximate surface area is 147 Å². The maximum atomic E-state index is 13.3. The molecule has 132 valence electrons. The lowest BCUT2D eigenvalue weighted by Gasteiger charge is -2.22. The second kappa shape index (κ2) is 9.42. The van der Waals surface area contributed by atoms with Gasteiger partial charge in [0.15, 0.2) is 5.96 Å². The van der Waals surface area contributed by atoms with Crippen molar-refractivity contribution in [3.8, 4) is 0 Å². The maximum absolute atomic E-state index is 13.3. The lowest BCUT2D eigenvalue weighted by molar-refractivity contribution is 0.0954. The monoisotopic (exact) mass is 342 g/mol. The van der Waals surface area contributed by atoms with Gasteiger partial charge in [-0.2, -0.15) is 0 Å². The number of amides is 1. The first-order chi connectivity index (χ1) is 12.1. The van der Waals surface area contributed by atoms with Crippen LogP contribution in [0.15, 0.2) is 59.6 Å². The summed E-state index contributed by atoms with van der Waals surface area (Å²) in [6.07, 6.45) is 0. The third-order valence-electron chi connectivity index (χ3n) is 3.61. The van der Waals surface area contributed by atoms with Gasteiger partial charge >= 0.3 is 0 Å². The fourth-order valence-electron chi connectivity index (χ4n) is 2.41. The van der Waals surface area contributed by atoms with Gasteiger partial charge in [-0.3, -0.25) is 9.79 Å². The van der Waals surface area contributed by atoms with E-state index in [1.807, 2.05) is 36.2 Å².